The first kappa shape index (κ1) is 17.6. The predicted molar refractivity (Wildman–Crippen MR) is 109 cm³/mol. The highest BCUT2D eigenvalue weighted by Crippen LogP contribution is 2.36. The number of phenols is 1. The van der Waals surface area contributed by atoms with Crippen LogP contribution in [0, 0.1) is 6.92 Å². The van der Waals surface area contributed by atoms with E-state index in [1.54, 1.807) is 24.0 Å². The van der Waals surface area contributed by atoms with Crippen molar-refractivity contribution in [1.82, 2.24) is 15.2 Å². The Morgan fingerprint density at radius 3 is 2.63 bits per heavy atom. The van der Waals surface area contributed by atoms with Crippen LogP contribution in [0.5, 0.6) is 5.75 Å². The Labute approximate surface area is 166 Å². The number of halogens is 1. The maximum absolute atomic E-state index is 10.2. The summed E-state index contributed by atoms with van der Waals surface area (Å²) in [6, 6.07) is 19.0. The number of nitrogens with zero attached hydrogens (tertiary/aromatic N) is 2. The Morgan fingerprint density at radius 2 is 1.81 bits per heavy atom. The lowest BCUT2D eigenvalue weighted by molar-refractivity contribution is 0.477. The highest BCUT2D eigenvalue weighted by atomic mass is 35.5. The monoisotopic (exact) mass is 393 g/mol. The van der Waals surface area contributed by atoms with Crippen molar-refractivity contribution in [3.63, 3.8) is 0 Å². The summed E-state index contributed by atoms with van der Waals surface area (Å²) in [6.07, 6.45) is 1.77. The first-order valence-corrected chi connectivity index (χ1v) is 9.54. The minimum Gasteiger partial charge on any atom is -0.507 e. The molecule has 2 heterocycles. The quantitative estimate of drug-likeness (QED) is 0.449. The lowest BCUT2D eigenvalue weighted by atomic mass is 10.1. The second-order valence-electron chi connectivity index (χ2n) is 6.10. The molecule has 4 aromatic rings. The number of nitrogens with one attached hydrogen (secondary N) is 1. The molecule has 0 fully saturated rings. The Morgan fingerprint density at radius 1 is 1.00 bits per heavy atom. The van der Waals surface area contributed by atoms with Crippen molar-refractivity contribution in [3.8, 4) is 28.3 Å². The van der Waals surface area contributed by atoms with Crippen molar-refractivity contribution >= 4 is 23.4 Å². The summed E-state index contributed by atoms with van der Waals surface area (Å²) in [6.45, 7) is 1.98. The van der Waals surface area contributed by atoms with Gasteiger partial charge in [-0.25, -0.2) is 4.98 Å². The third kappa shape index (κ3) is 3.84. The van der Waals surface area contributed by atoms with Gasteiger partial charge in [0, 0.05) is 27.2 Å². The van der Waals surface area contributed by atoms with Gasteiger partial charge in [0.05, 0.1) is 11.4 Å². The van der Waals surface area contributed by atoms with E-state index in [0.29, 0.717) is 16.3 Å². The number of benzene rings is 2. The Bertz CT molecular complexity index is 1090. The fourth-order valence-corrected chi connectivity index (χ4v) is 3.77. The van der Waals surface area contributed by atoms with E-state index in [0.717, 1.165) is 26.7 Å². The average molecular weight is 394 g/mol. The summed E-state index contributed by atoms with van der Waals surface area (Å²) in [4.78, 5) is 5.57. The standard InChI is InChI=1S/C21H16ClN3OS/c1-13-4-9-20(26)17(11-13)19-12-18(24-25-19)16-3-2-10-23-21(16)27-15-7-5-14(22)6-8-15/h2-12,26H,1H3,(H,24,25). The van der Waals surface area contributed by atoms with Crippen LogP contribution in [-0.4, -0.2) is 20.3 Å². The van der Waals surface area contributed by atoms with Crippen molar-refractivity contribution < 1.29 is 5.11 Å². The number of phenolic OH excluding ortho intramolecular Hbond substituents is 1. The van der Waals surface area contributed by atoms with Gasteiger partial charge in [-0.05, 0) is 61.5 Å². The van der Waals surface area contributed by atoms with Gasteiger partial charge in [0.25, 0.3) is 0 Å². The highest BCUT2D eigenvalue weighted by molar-refractivity contribution is 7.99. The molecule has 0 aliphatic rings. The minimum atomic E-state index is 0.209. The topological polar surface area (TPSA) is 61.8 Å². The molecule has 0 atom stereocenters. The molecule has 4 nitrogen and oxygen atoms in total. The third-order valence-electron chi connectivity index (χ3n) is 4.10. The fourth-order valence-electron chi connectivity index (χ4n) is 2.74. The number of H-pyrrole nitrogens is 1. The maximum atomic E-state index is 10.2. The van der Waals surface area contributed by atoms with Crippen molar-refractivity contribution in [1.29, 1.82) is 0 Å². The molecule has 0 aliphatic heterocycles. The van der Waals surface area contributed by atoms with Crippen molar-refractivity contribution in [2.45, 2.75) is 16.8 Å². The van der Waals surface area contributed by atoms with Gasteiger partial charge < -0.3 is 5.11 Å². The zero-order valence-electron chi connectivity index (χ0n) is 14.5. The van der Waals surface area contributed by atoms with Crippen LogP contribution >= 0.6 is 23.4 Å². The molecule has 134 valence electrons. The van der Waals surface area contributed by atoms with E-state index in [4.69, 9.17) is 11.6 Å². The average Bonchev–Trinajstić information content (AvgIpc) is 3.16. The van der Waals surface area contributed by atoms with Gasteiger partial charge in [0.15, 0.2) is 0 Å². The first-order valence-electron chi connectivity index (χ1n) is 8.34. The molecule has 0 unspecified atom stereocenters. The normalized spacial score (nSPS) is 10.9. The predicted octanol–water partition coefficient (Wildman–Crippen LogP) is 5.96. The molecule has 0 aliphatic carbocycles. The molecule has 0 bridgehead atoms. The van der Waals surface area contributed by atoms with Crippen molar-refractivity contribution in [2.75, 3.05) is 0 Å². The van der Waals surface area contributed by atoms with E-state index in [-0.39, 0.29) is 5.75 Å². The van der Waals surface area contributed by atoms with Crippen LogP contribution in [0.25, 0.3) is 22.5 Å². The van der Waals surface area contributed by atoms with E-state index in [1.165, 1.54) is 0 Å². The van der Waals surface area contributed by atoms with E-state index >= 15 is 0 Å². The molecule has 2 N–H and O–H groups in total. The largest absolute Gasteiger partial charge is 0.507 e. The van der Waals surface area contributed by atoms with Crippen LogP contribution in [0.4, 0.5) is 0 Å². The third-order valence-corrected chi connectivity index (χ3v) is 5.37. The Hall–Kier alpha value is -2.76. The van der Waals surface area contributed by atoms with Crippen LogP contribution in [0.15, 0.2) is 76.8 Å². The summed E-state index contributed by atoms with van der Waals surface area (Å²) >= 11 is 7.53. The summed E-state index contributed by atoms with van der Waals surface area (Å²) in [7, 11) is 0. The van der Waals surface area contributed by atoms with Gasteiger partial charge in [-0.2, -0.15) is 5.10 Å². The van der Waals surface area contributed by atoms with Gasteiger partial charge in [-0.3, -0.25) is 5.10 Å². The van der Waals surface area contributed by atoms with E-state index in [1.807, 2.05) is 61.5 Å². The van der Waals surface area contributed by atoms with Crippen LogP contribution in [0.1, 0.15) is 5.56 Å². The molecule has 2 aromatic heterocycles. The van der Waals surface area contributed by atoms with Crippen LogP contribution in [-0.2, 0) is 0 Å². The van der Waals surface area contributed by atoms with Gasteiger partial charge in [-0.15, -0.1) is 0 Å². The molecule has 0 saturated heterocycles. The summed E-state index contributed by atoms with van der Waals surface area (Å²) < 4.78 is 0. The molecule has 0 saturated carbocycles. The number of aryl methyl sites for hydroxylation is 1. The summed E-state index contributed by atoms with van der Waals surface area (Å²) in [5.74, 6) is 0.209. The molecule has 0 radical (unpaired) electrons. The van der Waals surface area contributed by atoms with Crippen molar-refractivity contribution in [3.05, 3.63) is 77.4 Å². The van der Waals surface area contributed by atoms with Gasteiger partial charge in [0.1, 0.15) is 10.8 Å². The summed E-state index contributed by atoms with van der Waals surface area (Å²) in [5.41, 5.74) is 4.25. The van der Waals surface area contributed by atoms with E-state index < -0.39 is 0 Å². The highest BCUT2D eigenvalue weighted by Gasteiger charge is 2.14. The second kappa shape index (κ2) is 7.47. The molecule has 27 heavy (non-hydrogen) atoms. The van der Waals surface area contributed by atoms with Gasteiger partial charge >= 0.3 is 0 Å². The minimum absolute atomic E-state index is 0.209. The fraction of sp³-hybridized carbons (Fsp3) is 0.0476. The van der Waals surface area contributed by atoms with E-state index in [9.17, 15) is 5.11 Å². The summed E-state index contributed by atoms with van der Waals surface area (Å²) in [5, 5.41) is 19.2. The number of aromatic hydroxyl groups is 1. The van der Waals surface area contributed by atoms with E-state index in [2.05, 4.69) is 15.2 Å². The van der Waals surface area contributed by atoms with Crippen molar-refractivity contribution in [2.24, 2.45) is 0 Å². The van der Waals surface area contributed by atoms with Crippen LogP contribution < -0.4 is 0 Å². The first-order chi connectivity index (χ1) is 13.1. The smallest absolute Gasteiger partial charge is 0.125 e. The number of pyridine rings is 1. The molecule has 2 aromatic carbocycles. The number of rotatable bonds is 4. The number of hydrogen-bond acceptors (Lipinski definition) is 4. The molecular weight excluding hydrogens is 378 g/mol. The zero-order chi connectivity index (χ0) is 18.8. The lowest BCUT2D eigenvalue weighted by Gasteiger charge is -2.06. The lowest BCUT2D eigenvalue weighted by Crippen LogP contribution is -1.86. The zero-order valence-corrected chi connectivity index (χ0v) is 16.1. The Balaban J connectivity index is 1.69. The number of aromatic amines is 1. The Kier molecular flexibility index (Phi) is 4.88. The second-order valence-corrected chi connectivity index (χ2v) is 7.60. The van der Waals surface area contributed by atoms with Crippen LogP contribution in [0.2, 0.25) is 5.02 Å². The molecule has 0 amide bonds. The maximum Gasteiger partial charge on any atom is 0.125 e. The SMILES string of the molecule is Cc1ccc(O)c(-c2cc(-c3cccnc3Sc3ccc(Cl)cc3)[nH]n2)c1. The molecular formula is C21H16ClN3OS. The molecule has 4 rings (SSSR count). The molecule has 6 heteroatoms. The van der Waals surface area contributed by atoms with Gasteiger partial charge in [0.2, 0.25) is 0 Å². The number of aromatic nitrogens is 3. The van der Waals surface area contributed by atoms with Crippen LogP contribution in [0.3, 0.4) is 0 Å². The molecule has 0 spiro atoms. The van der Waals surface area contributed by atoms with Gasteiger partial charge in [-0.1, -0.05) is 35.0 Å². The number of hydrogen-bond donors (Lipinski definition) is 2.